The third-order valence-corrected chi connectivity index (χ3v) is 3.72. The smallest absolute Gasteiger partial charge is 0.251 e. The number of carbonyl (C=O) groups excluding carboxylic acids is 1. The highest BCUT2D eigenvalue weighted by Crippen LogP contribution is 2.15. The Morgan fingerprint density at radius 3 is 3.04 bits per heavy atom. The molecule has 0 aromatic heterocycles. The Labute approximate surface area is 137 Å². The van der Waals surface area contributed by atoms with Crippen LogP contribution in [-0.2, 0) is 14.2 Å². The second-order valence-electron chi connectivity index (χ2n) is 5.29. The average molecular weight is 323 g/mol. The Kier molecular flexibility index (Phi) is 7.32. The number of ether oxygens (including phenoxy) is 4. The monoisotopic (exact) mass is 323 g/mol. The third-order valence-electron chi connectivity index (χ3n) is 3.72. The van der Waals surface area contributed by atoms with Gasteiger partial charge in [-0.2, -0.15) is 0 Å². The molecule has 0 radical (unpaired) electrons. The molecule has 0 bridgehead atoms. The molecule has 2 rings (SSSR count). The molecular weight excluding hydrogens is 298 g/mol. The summed E-state index contributed by atoms with van der Waals surface area (Å²) in [7, 11) is 1.63. The van der Waals surface area contributed by atoms with Gasteiger partial charge in [-0.1, -0.05) is 6.07 Å². The van der Waals surface area contributed by atoms with Gasteiger partial charge >= 0.3 is 0 Å². The summed E-state index contributed by atoms with van der Waals surface area (Å²) in [5, 5.41) is 3.02. The van der Waals surface area contributed by atoms with E-state index in [1.54, 1.807) is 19.2 Å². The number of carbonyl (C=O) groups is 1. The molecule has 1 aliphatic rings. The quantitative estimate of drug-likeness (QED) is 0.737. The van der Waals surface area contributed by atoms with Gasteiger partial charge in [-0.25, -0.2) is 0 Å². The molecule has 0 spiro atoms. The molecule has 1 N–H and O–H groups in total. The molecule has 1 aromatic carbocycles. The highest BCUT2D eigenvalue weighted by molar-refractivity contribution is 5.94. The summed E-state index contributed by atoms with van der Waals surface area (Å²) < 4.78 is 21.5. The van der Waals surface area contributed by atoms with Crippen molar-refractivity contribution in [2.45, 2.75) is 25.5 Å². The van der Waals surface area contributed by atoms with Crippen molar-refractivity contribution < 1.29 is 23.7 Å². The van der Waals surface area contributed by atoms with Crippen molar-refractivity contribution in [2.75, 3.05) is 40.1 Å². The first-order valence-corrected chi connectivity index (χ1v) is 7.96. The van der Waals surface area contributed by atoms with Crippen molar-refractivity contribution >= 4 is 5.91 Å². The lowest BCUT2D eigenvalue weighted by Crippen LogP contribution is -2.49. The average Bonchev–Trinajstić information content (AvgIpc) is 2.59. The summed E-state index contributed by atoms with van der Waals surface area (Å²) in [6, 6.07) is 7.11. The van der Waals surface area contributed by atoms with Crippen molar-refractivity contribution in [3.8, 4) is 5.75 Å². The van der Waals surface area contributed by atoms with Gasteiger partial charge in [-0.3, -0.25) is 4.79 Å². The predicted octanol–water partition coefficient (Wildman–Crippen LogP) is 1.64. The Morgan fingerprint density at radius 2 is 2.26 bits per heavy atom. The Balaban J connectivity index is 1.90. The van der Waals surface area contributed by atoms with E-state index in [1.807, 2.05) is 19.1 Å². The molecule has 1 aliphatic heterocycles. The third kappa shape index (κ3) is 5.49. The first-order chi connectivity index (χ1) is 11.2. The van der Waals surface area contributed by atoms with Crippen LogP contribution in [0.5, 0.6) is 5.75 Å². The standard InChI is InChI=1S/C17H25NO5/c1-3-21-9-10-23-14-6-4-5-13(11-14)17(19)18-15-7-8-22-12-16(15)20-2/h4-6,11,15-16H,3,7-10,12H2,1-2H3,(H,18,19)/t15-,16-/m1/s1. The maximum atomic E-state index is 12.4. The highest BCUT2D eigenvalue weighted by Gasteiger charge is 2.27. The topological polar surface area (TPSA) is 66.0 Å². The Bertz CT molecular complexity index is 494. The minimum Gasteiger partial charge on any atom is -0.491 e. The van der Waals surface area contributed by atoms with E-state index < -0.39 is 0 Å². The van der Waals surface area contributed by atoms with Crippen LogP contribution in [0.2, 0.25) is 0 Å². The number of methoxy groups -OCH3 is 1. The van der Waals surface area contributed by atoms with Gasteiger partial charge in [0.25, 0.3) is 5.91 Å². The lowest BCUT2D eigenvalue weighted by molar-refractivity contribution is -0.0479. The van der Waals surface area contributed by atoms with E-state index in [1.165, 1.54) is 0 Å². The molecule has 128 valence electrons. The van der Waals surface area contributed by atoms with Crippen LogP contribution in [0.15, 0.2) is 24.3 Å². The van der Waals surface area contributed by atoms with E-state index in [0.29, 0.717) is 44.3 Å². The van der Waals surface area contributed by atoms with Gasteiger partial charge in [-0.05, 0) is 31.5 Å². The van der Waals surface area contributed by atoms with Crippen LogP contribution in [0.25, 0.3) is 0 Å². The summed E-state index contributed by atoms with van der Waals surface area (Å²) in [6.45, 7) is 4.73. The van der Waals surface area contributed by atoms with Crippen LogP contribution in [0.1, 0.15) is 23.7 Å². The van der Waals surface area contributed by atoms with Crippen LogP contribution in [0, 0.1) is 0 Å². The zero-order chi connectivity index (χ0) is 16.5. The van der Waals surface area contributed by atoms with Gasteiger partial charge in [0.15, 0.2) is 0 Å². The van der Waals surface area contributed by atoms with Crippen molar-refractivity contribution in [2.24, 2.45) is 0 Å². The second kappa shape index (κ2) is 9.50. The molecule has 23 heavy (non-hydrogen) atoms. The fourth-order valence-corrected chi connectivity index (χ4v) is 2.45. The molecule has 1 amide bonds. The largest absolute Gasteiger partial charge is 0.491 e. The van der Waals surface area contributed by atoms with Crippen molar-refractivity contribution in [3.05, 3.63) is 29.8 Å². The fourth-order valence-electron chi connectivity index (χ4n) is 2.45. The van der Waals surface area contributed by atoms with Gasteiger partial charge in [-0.15, -0.1) is 0 Å². The fraction of sp³-hybridized carbons (Fsp3) is 0.588. The Hall–Kier alpha value is -1.63. The first kappa shape index (κ1) is 17.7. The lowest BCUT2D eigenvalue weighted by Gasteiger charge is -2.31. The zero-order valence-electron chi connectivity index (χ0n) is 13.7. The number of benzene rings is 1. The molecule has 2 atom stereocenters. The first-order valence-electron chi connectivity index (χ1n) is 7.96. The van der Waals surface area contributed by atoms with Crippen molar-refractivity contribution in [3.63, 3.8) is 0 Å². The van der Waals surface area contributed by atoms with Crippen LogP contribution in [0.3, 0.4) is 0 Å². The summed E-state index contributed by atoms with van der Waals surface area (Å²) >= 11 is 0. The molecule has 1 heterocycles. The number of hydrogen-bond donors (Lipinski definition) is 1. The summed E-state index contributed by atoms with van der Waals surface area (Å²) in [6.07, 6.45) is 0.632. The van der Waals surface area contributed by atoms with Crippen LogP contribution in [0.4, 0.5) is 0 Å². The van der Waals surface area contributed by atoms with Crippen LogP contribution in [-0.4, -0.2) is 58.2 Å². The number of amides is 1. The molecule has 6 heteroatoms. The lowest BCUT2D eigenvalue weighted by atomic mass is 10.1. The van der Waals surface area contributed by atoms with E-state index in [2.05, 4.69) is 5.32 Å². The van der Waals surface area contributed by atoms with E-state index in [-0.39, 0.29) is 18.1 Å². The highest BCUT2D eigenvalue weighted by atomic mass is 16.5. The molecular formula is C17H25NO5. The van der Waals surface area contributed by atoms with Gasteiger partial charge in [0.1, 0.15) is 18.5 Å². The van der Waals surface area contributed by atoms with E-state index in [9.17, 15) is 4.79 Å². The maximum Gasteiger partial charge on any atom is 0.251 e. The molecule has 0 unspecified atom stereocenters. The van der Waals surface area contributed by atoms with Gasteiger partial charge < -0.3 is 24.3 Å². The number of rotatable bonds is 8. The van der Waals surface area contributed by atoms with Crippen LogP contribution >= 0.6 is 0 Å². The maximum absolute atomic E-state index is 12.4. The van der Waals surface area contributed by atoms with Crippen molar-refractivity contribution in [1.29, 1.82) is 0 Å². The van der Waals surface area contributed by atoms with Crippen molar-refractivity contribution in [1.82, 2.24) is 5.32 Å². The van der Waals surface area contributed by atoms with Crippen LogP contribution < -0.4 is 10.1 Å². The van der Waals surface area contributed by atoms with Gasteiger partial charge in [0.2, 0.25) is 0 Å². The minimum absolute atomic E-state index is 0.0382. The van der Waals surface area contributed by atoms with Gasteiger partial charge in [0, 0.05) is 25.9 Å². The molecule has 1 fully saturated rings. The Morgan fingerprint density at radius 1 is 1.39 bits per heavy atom. The molecule has 1 aromatic rings. The van der Waals surface area contributed by atoms with Gasteiger partial charge in [0.05, 0.1) is 19.3 Å². The summed E-state index contributed by atoms with van der Waals surface area (Å²) in [4.78, 5) is 12.4. The molecule has 1 saturated heterocycles. The molecule has 6 nitrogen and oxygen atoms in total. The van der Waals surface area contributed by atoms with E-state index >= 15 is 0 Å². The number of nitrogens with one attached hydrogen (secondary N) is 1. The normalized spacial score (nSPS) is 21.0. The summed E-state index contributed by atoms with van der Waals surface area (Å²) in [5.74, 6) is 0.529. The number of hydrogen-bond acceptors (Lipinski definition) is 5. The second-order valence-corrected chi connectivity index (χ2v) is 5.29. The van der Waals surface area contributed by atoms with E-state index in [0.717, 1.165) is 6.42 Å². The molecule has 0 saturated carbocycles. The minimum atomic E-state index is -0.130. The van der Waals surface area contributed by atoms with E-state index in [4.69, 9.17) is 18.9 Å². The summed E-state index contributed by atoms with van der Waals surface area (Å²) in [5.41, 5.74) is 0.570. The zero-order valence-corrected chi connectivity index (χ0v) is 13.7. The SMILES string of the molecule is CCOCCOc1cccc(C(=O)N[C@@H]2CCOC[C@H]2OC)c1. The molecule has 0 aliphatic carbocycles. The predicted molar refractivity (Wildman–Crippen MR) is 85.9 cm³/mol.